The van der Waals surface area contributed by atoms with Crippen molar-refractivity contribution < 1.29 is 24.3 Å². The fraction of sp³-hybridized carbons (Fsp3) is 0.258. The molecule has 7 heteroatoms. The van der Waals surface area contributed by atoms with Gasteiger partial charge in [0.25, 0.3) is 0 Å². The summed E-state index contributed by atoms with van der Waals surface area (Å²) < 4.78 is 5.28. The SMILES string of the molecule is CCCCOC(=O)c1ccc(N=C2C=C(N3CC[NH+](c4ccccc4)CC3)C(=O)c3cccc([O-])c32)cc1. The highest BCUT2D eigenvalue weighted by Crippen LogP contribution is 2.30. The molecule has 194 valence electrons. The van der Waals surface area contributed by atoms with Crippen molar-refractivity contribution in [3.63, 3.8) is 0 Å². The van der Waals surface area contributed by atoms with E-state index in [0.29, 0.717) is 40.4 Å². The van der Waals surface area contributed by atoms with E-state index in [4.69, 9.17) is 9.73 Å². The van der Waals surface area contributed by atoms with E-state index in [0.717, 1.165) is 39.0 Å². The Morgan fingerprint density at radius 3 is 2.45 bits per heavy atom. The number of allylic oxidation sites excluding steroid dienone is 2. The molecule has 0 bridgehead atoms. The summed E-state index contributed by atoms with van der Waals surface area (Å²) in [6.45, 7) is 5.60. The lowest BCUT2D eigenvalue weighted by Gasteiger charge is -2.36. The summed E-state index contributed by atoms with van der Waals surface area (Å²) in [5.74, 6) is -0.753. The van der Waals surface area contributed by atoms with Gasteiger partial charge in [-0.25, -0.2) is 9.79 Å². The number of piperazine rings is 1. The molecule has 0 aromatic heterocycles. The number of carbonyl (C=O) groups excluding carboxylic acids is 2. The van der Waals surface area contributed by atoms with Crippen molar-refractivity contribution >= 4 is 28.8 Å². The zero-order valence-corrected chi connectivity index (χ0v) is 21.5. The standard InChI is InChI=1S/C31H31N3O4/c1-2-3-20-38-31(37)22-12-14-23(15-13-22)32-26-21-27(30(36)25-10-7-11-28(35)29(25)26)34-18-16-33(17-19-34)24-8-5-4-6-9-24/h4-15,21,35H,2-3,16-20H2,1H3. The molecule has 0 amide bonds. The average Bonchev–Trinajstić information content (AvgIpc) is 2.95. The second-order valence-electron chi connectivity index (χ2n) is 9.53. The topological polar surface area (TPSA) is 86.5 Å². The van der Waals surface area contributed by atoms with Gasteiger partial charge in [-0.05, 0) is 48.9 Å². The molecule has 1 aliphatic heterocycles. The van der Waals surface area contributed by atoms with Crippen molar-refractivity contribution in [1.29, 1.82) is 0 Å². The van der Waals surface area contributed by atoms with E-state index >= 15 is 0 Å². The first-order valence-electron chi connectivity index (χ1n) is 13.1. The van der Waals surface area contributed by atoms with E-state index in [1.807, 2.05) is 25.1 Å². The number of aliphatic imine (C=N–C) groups is 1. The number of nitrogens with zero attached hydrogens (tertiary/aromatic N) is 2. The molecular formula is C31H31N3O4. The van der Waals surface area contributed by atoms with Crippen molar-refractivity contribution in [2.24, 2.45) is 4.99 Å². The maximum Gasteiger partial charge on any atom is 0.338 e. The van der Waals surface area contributed by atoms with E-state index in [2.05, 4.69) is 17.0 Å². The summed E-state index contributed by atoms with van der Waals surface area (Å²) in [6, 6.07) is 21.9. The molecule has 0 spiro atoms. The van der Waals surface area contributed by atoms with Crippen molar-refractivity contribution in [2.45, 2.75) is 19.8 Å². The molecule has 0 saturated carbocycles. The molecule has 3 aromatic carbocycles. The maximum absolute atomic E-state index is 13.5. The van der Waals surface area contributed by atoms with Crippen molar-refractivity contribution in [1.82, 2.24) is 4.90 Å². The van der Waals surface area contributed by atoms with Crippen molar-refractivity contribution in [3.05, 3.63) is 101 Å². The Morgan fingerprint density at radius 2 is 1.74 bits per heavy atom. The number of quaternary nitrogens is 1. The highest BCUT2D eigenvalue weighted by Gasteiger charge is 2.31. The summed E-state index contributed by atoms with van der Waals surface area (Å²) in [5, 5.41) is 12.8. The van der Waals surface area contributed by atoms with Gasteiger partial charge in [0.2, 0.25) is 5.78 Å². The third kappa shape index (κ3) is 5.38. The quantitative estimate of drug-likeness (QED) is 0.390. The predicted octanol–water partition coefficient (Wildman–Crippen LogP) is 3.45. The molecule has 3 aromatic rings. The number of esters is 1. The van der Waals surface area contributed by atoms with Gasteiger partial charge in [0, 0.05) is 11.1 Å². The molecule has 5 rings (SSSR count). The third-order valence-electron chi connectivity index (χ3n) is 7.01. The molecule has 1 heterocycles. The van der Waals surface area contributed by atoms with Crippen LogP contribution in [0.3, 0.4) is 0 Å². The van der Waals surface area contributed by atoms with Crippen LogP contribution in [0.25, 0.3) is 0 Å². The first-order valence-corrected chi connectivity index (χ1v) is 13.1. The Hall–Kier alpha value is -4.23. The maximum atomic E-state index is 13.5. The number of nitrogens with one attached hydrogen (secondary N) is 1. The van der Waals surface area contributed by atoms with Gasteiger partial charge in [-0.3, -0.25) is 9.69 Å². The highest BCUT2D eigenvalue weighted by molar-refractivity contribution is 6.27. The zero-order chi connectivity index (χ0) is 26.5. The van der Waals surface area contributed by atoms with Crippen LogP contribution in [0.1, 0.15) is 46.0 Å². The molecule has 0 radical (unpaired) electrons. The van der Waals surface area contributed by atoms with Gasteiger partial charge in [0.1, 0.15) is 5.69 Å². The van der Waals surface area contributed by atoms with Gasteiger partial charge in [-0.2, -0.15) is 0 Å². The van der Waals surface area contributed by atoms with Crippen LogP contribution in [0, 0.1) is 0 Å². The summed E-state index contributed by atoms with van der Waals surface area (Å²) in [4.78, 5) is 34.0. The van der Waals surface area contributed by atoms with Crippen molar-refractivity contribution in [3.8, 4) is 5.75 Å². The fourth-order valence-electron chi connectivity index (χ4n) is 4.90. The van der Waals surface area contributed by atoms with Crippen LogP contribution in [0.5, 0.6) is 5.75 Å². The number of hydrogen-bond donors (Lipinski definition) is 1. The smallest absolute Gasteiger partial charge is 0.338 e. The number of rotatable bonds is 7. The van der Waals surface area contributed by atoms with Crippen LogP contribution in [0.4, 0.5) is 11.4 Å². The van der Waals surface area contributed by atoms with Crippen LogP contribution < -0.4 is 10.0 Å². The van der Waals surface area contributed by atoms with Crippen molar-refractivity contribution in [2.75, 3.05) is 32.8 Å². The third-order valence-corrected chi connectivity index (χ3v) is 7.01. The Kier molecular flexibility index (Phi) is 7.65. The van der Waals surface area contributed by atoms with Crippen LogP contribution in [-0.2, 0) is 4.74 Å². The monoisotopic (exact) mass is 509 g/mol. The fourth-order valence-corrected chi connectivity index (χ4v) is 4.90. The summed E-state index contributed by atoms with van der Waals surface area (Å²) in [5.41, 5.74) is 3.99. The van der Waals surface area contributed by atoms with E-state index < -0.39 is 0 Å². The highest BCUT2D eigenvalue weighted by atomic mass is 16.5. The van der Waals surface area contributed by atoms with Crippen LogP contribution in [0.15, 0.2) is 89.6 Å². The number of Topliss-reactive ketones (excluding diaryl/α,β-unsaturated/α-hetero) is 1. The van der Waals surface area contributed by atoms with Crippen LogP contribution in [-0.4, -0.2) is 55.2 Å². The van der Waals surface area contributed by atoms with E-state index in [1.165, 1.54) is 16.7 Å². The number of fused-ring (bicyclic) bond motifs is 1. The van der Waals surface area contributed by atoms with Gasteiger partial charge < -0.3 is 14.7 Å². The van der Waals surface area contributed by atoms with E-state index in [-0.39, 0.29) is 17.5 Å². The van der Waals surface area contributed by atoms with Gasteiger partial charge in [-0.1, -0.05) is 55.5 Å². The van der Waals surface area contributed by atoms with Gasteiger partial charge >= 0.3 is 5.97 Å². The Balaban J connectivity index is 1.40. The Labute approximate surface area is 222 Å². The minimum Gasteiger partial charge on any atom is -0.872 e. The van der Waals surface area contributed by atoms with Crippen LogP contribution in [0.2, 0.25) is 0 Å². The van der Waals surface area contributed by atoms with E-state index in [1.54, 1.807) is 42.5 Å². The lowest BCUT2D eigenvalue weighted by atomic mass is 9.90. The minimum atomic E-state index is -0.368. The average molecular weight is 510 g/mol. The second-order valence-corrected chi connectivity index (χ2v) is 9.53. The molecule has 1 saturated heterocycles. The number of ketones is 1. The number of para-hydroxylation sites is 1. The molecule has 0 atom stereocenters. The van der Waals surface area contributed by atoms with Gasteiger partial charge in [0.05, 0.1) is 55.4 Å². The normalized spacial score (nSPS) is 16.8. The number of ether oxygens (including phenoxy) is 1. The van der Waals surface area contributed by atoms with Gasteiger partial charge in [-0.15, -0.1) is 0 Å². The lowest BCUT2D eigenvalue weighted by molar-refractivity contribution is -0.837. The lowest BCUT2D eigenvalue weighted by Crippen LogP contribution is -3.10. The number of unbranched alkanes of at least 4 members (excludes halogenated alkanes) is 1. The largest absolute Gasteiger partial charge is 0.872 e. The molecule has 2 aliphatic rings. The first kappa shape index (κ1) is 25.4. The predicted molar refractivity (Wildman–Crippen MR) is 145 cm³/mol. The Morgan fingerprint density at radius 1 is 1.00 bits per heavy atom. The summed E-state index contributed by atoms with van der Waals surface area (Å²) in [6.07, 6.45) is 3.52. The molecule has 38 heavy (non-hydrogen) atoms. The molecule has 1 fully saturated rings. The summed E-state index contributed by atoms with van der Waals surface area (Å²) >= 11 is 0. The van der Waals surface area contributed by atoms with E-state index in [9.17, 15) is 14.7 Å². The molecule has 0 unspecified atom stereocenters. The molecule has 1 aliphatic carbocycles. The second kappa shape index (κ2) is 11.4. The van der Waals surface area contributed by atoms with Gasteiger partial charge in [0.15, 0.2) is 0 Å². The minimum absolute atomic E-state index is 0.148. The zero-order valence-electron chi connectivity index (χ0n) is 21.5. The number of hydrogen-bond acceptors (Lipinski definition) is 6. The molecule has 1 N–H and O–H groups in total. The number of benzene rings is 3. The van der Waals surface area contributed by atoms with Crippen LogP contribution >= 0.6 is 0 Å². The molecular weight excluding hydrogens is 478 g/mol. The summed E-state index contributed by atoms with van der Waals surface area (Å²) in [7, 11) is 0. The Bertz CT molecular complexity index is 1370. The number of carbonyl (C=O) groups is 2. The molecule has 7 nitrogen and oxygen atoms in total. The first-order chi connectivity index (χ1) is 18.5.